The van der Waals surface area contributed by atoms with E-state index in [9.17, 15) is 13.2 Å². The topological polar surface area (TPSA) is 69.7 Å². The lowest BCUT2D eigenvalue weighted by Gasteiger charge is -2.24. The Labute approximate surface area is 132 Å². The minimum atomic E-state index is -3.37. The summed E-state index contributed by atoms with van der Waals surface area (Å²) in [5, 5.41) is 0. The Kier molecular flexibility index (Phi) is 8.30. The van der Waals surface area contributed by atoms with Gasteiger partial charge in [-0.05, 0) is 24.8 Å². The van der Waals surface area contributed by atoms with Crippen LogP contribution in [0.4, 0.5) is 0 Å². The van der Waals surface area contributed by atoms with E-state index >= 15 is 0 Å². The van der Waals surface area contributed by atoms with Crippen LogP contribution >= 0.6 is 0 Å². The van der Waals surface area contributed by atoms with Gasteiger partial charge in [0, 0.05) is 13.0 Å². The maximum absolute atomic E-state index is 10.8. The quantitative estimate of drug-likeness (QED) is 0.614. The number of aldehydes is 1. The molecule has 0 aliphatic heterocycles. The first-order valence-electron chi connectivity index (χ1n) is 7.31. The van der Waals surface area contributed by atoms with Crippen molar-refractivity contribution in [3.63, 3.8) is 0 Å². The first kappa shape index (κ1) is 18.8. The summed E-state index contributed by atoms with van der Waals surface area (Å²) in [7, 11) is -1.67. The predicted octanol–water partition coefficient (Wildman–Crippen LogP) is 2.55. The van der Waals surface area contributed by atoms with Gasteiger partial charge in [-0.15, -0.1) is 0 Å². The van der Waals surface area contributed by atoms with E-state index in [1.807, 2.05) is 30.3 Å². The Bertz CT molecular complexity index is 527. The highest BCUT2D eigenvalue weighted by Gasteiger charge is 2.24. The van der Waals surface area contributed by atoms with Crippen LogP contribution in [0.2, 0.25) is 0 Å². The highest BCUT2D eigenvalue weighted by molar-refractivity contribution is 7.86. The Hall–Kier alpha value is -1.24. The lowest BCUT2D eigenvalue weighted by Crippen LogP contribution is -2.25. The minimum absolute atomic E-state index is 0.0273. The van der Waals surface area contributed by atoms with Crippen LogP contribution in [0.1, 0.15) is 31.2 Å². The van der Waals surface area contributed by atoms with Gasteiger partial charge < -0.3 is 9.53 Å². The van der Waals surface area contributed by atoms with E-state index in [1.165, 1.54) is 5.56 Å². The van der Waals surface area contributed by atoms with E-state index in [0.717, 1.165) is 31.8 Å². The van der Waals surface area contributed by atoms with Crippen LogP contribution < -0.4 is 0 Å². The van der Waals surface area contributed by atoms with Crippen molar-refractivity contribution in [3.05, 3.63) is 35.9 Å². The number of methoxy groups -OCH3 is 1. The van der Waals surface area contributed by atoms with E-state index in [4.69, 9.17) is 8.92 Å². The molecule has 0 N–H and O–H groups in total. The third-order valence-electron chi connectivity index (χ3n) is 3.32. The summed E-state index contributed by atoms with van der Waals surface area (Å²) in [6, 6.07) is 10.1. The summed E-state index contributed by atoms with van der Waals surface area (Å²) < 4.78 is 31.3. The van der Waals surface area contributed by atoms with Crippen molar-refractivity contribution >= 4 is 16.4 Å². The molecule has 0 amide bonds. The molecule has 2 atom stereocenters. The molecule has 0 aromatic heterocycles. The summed E-state index contributed by atoms with van der Waals surface area (Å²) >= 11 is 0. The highest BCUT2D eigenvalue weighted by atomic mass is 32.2. The van der Waals surface area contributed by atoms with Crippen molar-refractivity contribution in [1.82, 2.24) is 0 Å². The SMILES string of the molecule is COCc1ccccc1.CS(=O)(=O)OC1CCCC(C=O)C1. The fraction of sp³-hybridized carbons (Fsp3) is 0.562. The Morgan fingerprint density at radius 3 is 2.45 bits per heavy atom. The number of hydrogen-bond donors (Lipinski definition) is 0. The number of ether oxygens (including phenoxy) is 1. The summed E-state index contributed by atoms with van der Waals surface area (Å²) in [6.45, 7) is 0.709. The molecule has 6 heteroatoms. The molecule has 0 heterocycles. The van der Waals surface area contributed by atoms with Crippen molar-refractivity contribution in [2.75, 3.05) is 13.4 Å². The Morgan fingerprint density at radius 1 is 1.23 bits per heavy atom. The first-order chi connectivity index (χ1) is 10.4. The molecular weight excluding hydrogens is 304 g/mol. The smallest absolute Gasteiger partial charge is 0.264 e. The van der Waals surface area contributed by atoms with Crippen molar-refractivity contribution in [3.8, 4) is 0 Å². The zero-order chi connectivity index (χ0) is 16.4. The zero-order valence-corrected chi connectivity index (χ0v) is 13.9. The molecule has 0 bridgehead atoms. The summed E-state index contributed by atoms with van der Waals surface area (Å²) in [6.07, 6.45) is 4.62. The van der Waals surface area contributed by atoms with Crippen molar-refractivity contribution in [2.45, 2.75) is 38.4 Å². The lowest BCUT2D eigenvalue weighted by atomic mass is 9.88. The molecule has 1 aliphatic carbocycles. The largest absolute Gasteiger partial charge is 0.380 e. The average Bonchev–Trinajstić information content (AvgIpc) is 2.48. The van der Waals surface area contributed by atoms with Crippen LogP contribution in [0.5, 0.6) is 0 Å². The standard InChI is InChI=1S/C8H14O4S.C8H10O/c1-13(10,11)12-8-4-2-3-7(5-8)6-9;1-9-7-8-5-3-2-4-6-8/h6-8H,2-5H2,1H3;2-6H,7H2,1H3. The van der Waals surface area contributed by atoms with Gasteiger partial charge in [0.05, 0.1) is 19.0 Å². The minimum Gasteiger partial charge on any atom is -0.380 e. The van der Waals surface area contributed by atoms with Gasteiger partial charge in [-0.2, -0.15) is 8.42 Å². The van der Waals surface area contributed by atoms with E-state index in [-0.39, 0.29) is 12.0 Å². The second-order valence-corrected chi connectivity index (χ2v) is 7.00. The molecule has 1 saturated carbocycles. The van der Waals surface area contributed by atoms with Crippen molar-refractivity contribution in [2.24, 2.45) is 5.92 Å². The molecule has 0 spiro atoms. The lowest BCUT2D eigenvalue weighted by molar-refractivity contribution is -0.112. The maximum Gasteiger partial charge on any atom is 0.264 e. The fourth-order valence-electron chi connectivity index (χ4n) is 2.38. The number of rotatable bonds is 5. The number of carbonyl (C=O) groups is 1. The van der Waals surface area contributed by atoms with Gasteiger partial charge >= 0.3 is 0 Å². The van der Waals surface area contributed by atoms with Gasteiger partial charge in [0.15, 0.2) is 0 Å². The van der Waals surface area contributed by atoms with Crippen molar-refractivity contribution in [1.29, 1.82) is 0 Å². The second kappa shape index (κ2) is 9.71. The van der Waals surface area contributed by atoms with Crippen LogP contribution in [-0.4, -0.2) is 34.2 Å². The molecule has 0 saturated heterocycles. The number of hydrogen-bond acceptors (Lipinski definition) is 5. The average molecular weight is 328 g/mol. The summed E-state index contributed by atoms with van der Waals surface area (Å²) in [5.41, 5.74) is 1.22. The normalized spacial score (nSPS) is 21.5. The molecule has 1 aromatic carbocycles. The highest BCUT2D eigenvalue weighted by Crippen LogP contribution is 2.25. The summed E-state index contributed by atoms with van der Waals surface area (Å²) in [4.78, 5) is 10.5. The molecule has 1 aromatic rings. The molecule has 2 unspecified atom stereocenters. The van der Waals surface area contributed by atoms with Gasteiger partial charge in [0.1, 0.15) is 6.29 Å². The molecule has 22 heavy (non-hydrogen) atoms. The van der Waals surface area contributed by atoms with Crippen LogP contribution in [-0.2, 0) is 30.4 Å². The Morgan fingerprint density at radius 2 is 1.91 bits per heavy atom. The predicted molar refractivity (Wildman–Crippen MR) is 84.9 cm³/mol. The van der Waals surface area contributed by atoms with E-state index < -0.39 is 10.1 Å². The Balaban J connectivity index is 0.000000235. The van der Waals surface area contributed by atoms with Crippen LogP contribution in [0.25, 0.3) is 0 Å². The van der Waals surface area contributed by atoms with E-state index in [1.54, 1.807) is 7.11 Å². The maximum atomic E-state index is 10.8. The number of benzene rings is 1. The molecule has 1 fully saturated rings. The van der Waals surface area contributed by atoms with Gasteiger partial charge in [-0.3, -0.25) is 4.18 Å². The van der Waals surface area contributed by atoms with Crippen LogP contribution in [0.3, 0.4) is 0 Å². The molecule has 124 valence electrons. The summed E-state index contributed by atoms with van der Waals surface area (Å²) in [5.74, 6) is -0.0273. The second-order valence-electron chi connectivity index (χ2n) is 5.40. The third-order valence-corrected chi connectivity index (χ3v) is 3.95. The molecule has 1 aliphatic rings. The van der Waals surface area contributed by atoms with Gasteiger partial charge in [-0.1, -0.05) is 36.8 Å². The fourth-order valence-corrected chi connectivity index (χ4v) is 3.05. The van der Waals surface area contributed by atoms with Gasteiger partial charge in [0.2, 0.25) is 0 Å². The molecular formula is C16H24O5S. The number of carbonyl (C=O) groups excluding carboxylic acids is 1. The molecule has 5 nitrogen and oxygen atoms in total. The van der Waals surface area contributed by atoms with E-state index in [2.05, 4.69) is 0 Å². The molecule has 2 rings (SSSR count). The monoisotopic (exact) mass is 328 g/mol. The van der Waals surface area contributed by atoms with E-state index in [0.29, 0.717) is 13.0 Å². The van der Waals surface area contributed by atoms with Crippen LogP contribution in [0.15, 0.2) is 30.3 Å². The molecule has 0 radical (unpaired) electrons. The zero-order valence-electron chi connectivity index (χ0n) is 13.1. The van der Waals surface area contributed by atoms with Gasteiger partial charge in [0.25, 0.3) is 10.1 Å². The van der Waals surface area contributed by atoms with Crippen LogP contribution in [0, 0.1) is 5.92 Å². The van der Waals surface area contributed by atoms with Crippen molar-refractivity contribution < 1.29 is 22.1 Å². The first-order valence-corrected chi connectivity index (χ1v) is 9.12. The van der Waals surface area contributed by atoms with Gasteiger partial charge in [-0.25, -0.2) is 0 Å². The third kappa shape index (κ3) is 8.26.